The largest absolute Gasteiger partial charge is 0.352 e. The number of hydrogen-bond donors (Lipinski definition) is 2. The van der Waals surface area contributed by atoms with Crippen LogP contribution >= 0.6 is 0 Å². The summed E-state index contributed by atoms with van der Waals surface area (Å²) in [6.07, 6.45) is 8.64. The van der Waals surface area contributed by atoms with Crippen molar-refractivity contribution in [2.24, 2.45) is 0 Å². The summed E-state index contributed by atoms with van der Waals surface area (Å²) in [5.74, 6) is 0.659. The highest BCUT2D eigenvalue weighted by molar-refractivity contribution is 5.94. The van der Waals surface area contributed by atoms with Gasteiger partial charge in [0, 0.05) is 41.8 Å². The van der Waals surface area contributed by atoms with Gasteiger partial charge in [-0.2, -0.15) is 10.1 Å². The van der Waals surface area contributed by atoms with Crippen molar-refractivity contribution in [2.75, 3.05) is 5.32 Å². The van der Waals surface area contributed by atoms with E-state index in [1.165, 1.54) is 0 Å². The van der Waals surface area contributed by atoms with Crippen LogP contribution in [0.1, 0.15) is 20.3 Å². The molecule has 0 saturated heterocycles. The van der Waals surface area contributed by atoms with Crippen molar-refractivity contribution in [2.45, 2.75) is 26.3 Å². The molecule has 6 heteroatoms. The highest BCUT2D eigenvalue weighted by Gasteiger charge is 2.10. The zero-order chi connectivity index (χ0) is 15.8. The maximum atomic E-state index is 4.57. The monoisotopic (exact) mass is 306 g/mol. The van der Waals surface area contributed by atoms with E-state index in [9.17, 15) is 0 Å². The van der Waals surface area contributed by atoms with E-state index < -0.39 is 0 Å². The van der Waals surface area contributed by atoms with Crippen molar-refractivity contribution in [3.63, 3.8) is 0 Å². The Kier molecular flexibility index (Phi) is 3.22. The minimum absolute atomic E-state index is 0.353. The van der Waals surface area contributed by atoms with Crippen LogP contribution < -0.4 is 5.32 Å². The van der Waals surface area contributed by atoms with E-state index in [0.717, 1.165) is 34.1 Å². The van der Waals surface area contributed by atoms with Crippen LogP contribution in [0.4, 0.5) is 5.95 Å². The van der Waals surface area contributed by atoms with Crippen molar-refractivity contribution in [3.05, 3.63) is 43.0 Å². The Bertz CT molecular complexity index is 967. The van der Waals surface area contributed by atoms with Gasteiger partial charge < -0.3 is 10.3 Å². The molecular formula is C17H18N6. The average Bonchev–Trinajstić information content (AvgIpc) is 3.19. The number of hydrogen-bond acceptors (Lipinski definition) is 4. The summed E-state index contributed by atoms with van der Waals surface area (Å²) < 4.78 is 1.85. The fraction of sp³-hybridized carbons (Fsp3) is 0.235. The van der Waals surface area contributed by atoms with Gasteiger partial charge in [-0.25, -0.2) is 9.50 Å². The summed E-state index contributed by atoms with van der Waals surface area (Å²) in [6, 6.07) is 6.50. The van der Waals surface area contributed by atoms with Crippen LogP contribution in [0.2, 0.25) is 0 Å². The van der Waals surface area contributed by atoms with Crippen molar-refractivity contribution in [1.29, 1.82) is 0 Å². The Morgan fingerprint density at radius 3 is 3.13 bits per heavy atom. The summed E-state index contributed by atoms with van der Waals surface area (Å²) >= 11 is 0. The average molecular weight is 306 g/mol. The highest BCUT2D eigenvalue weighted by Crippen LogP contribution is 2.28. The molecule has 4 heterocycles. The fourth-order valence-electron chi connectivity index (χ4n) is 2.63. The molecule has 6 nitrogen and oxygen atoms in total. The minimum atomic E-state index is 0.353. The maximum absolute atomic E-state index is 4.57. The first kappa shape index (κ1) is 13.8. The number of rotatable bonds is 4. The van der Waals surface area contributed by atoms with Crippen LogP contribution in [0.25, 0.3) is 27.7 Å². The van der Waals surface area contributed by atoms with E-state index in [2.05, 4.69) is 45.3 Å². The molecule has 0 spiro atoms. The van der Waals surface area contributed by atoms with Crippen LogP contribution in [0.5, 0.6) is 0 Å². The molecule has 2 N–H and O–H groups in total. The van der Waals surface area contributed by atoms with Gasteiger partial charge in [0.05, 0.1) is 5.52 Å². The number of nitrogens with zero attached hydrogens (tertiary/aromatic N) is 4. The number of aromatic amines is 1. The second-order valence-electron chi connectivity index (χ2n) is 5.73. The quantitative estimate of drug-likeness (QED) is 0.605. The molecule has 0 saturated carbocycles. The van der Waals surface area contributed by atoms with Crippen LogP contribution in [0.15, 0.2) is 43.0 Å². The number of aromatic nitrogens is 5. The Hall–Kier alpha value is -2.89. The zero-order valence-electron chi connectivity index (χ0n) is 13.1. The SMILES string of the molecule is CCC(C)Nc1ncc2c(-c3ccn4nccc4c3)c[nH]c2n1. The van der Waals surface area contributed by atoms with Gasteiger partial charge in [-0.05, 0) is 37.1 Å². The van der Waals surface area contributed by atoms with E-state index in [-0.39, 0.29) is 0 Å². The second kappa shape index (κ2) is 5.39. The standard InChI is InChI=1S/C17H18N6/c1-3-11(2)21-17-19-10-15-14(9-18-16(15)22-17)12-5-7-23-13(8-12)4-6-20-23/h4-11H,3H2,1-2H3,(H2,18,19,21,22). The lowest BCUT2D eigenvalue weighted by Crippen LogP contribution is -2.15. The number of H-pyrrole nitrogens is 1. The molecule has 0 aliphatic heterocycles. The van der Waals surface area contributed by atoms with Gasteiger partial charge in [-0.15, -0.1) is 0 Å². The van der Waals surface area contributed by atoms with E-state index in [0.29, 0.717) is 12.0 Å². The number of anilines is 1. The number of pyridine rings is 1. The first-order chi connectivity index (χ1) is 11.2. The zero-order valence-corrected chi connectivity index (χ0v) is 13.1. The molecule has 4 aromatic heterocycles. The van der Waals surface area contributed by atoms with Crippen LogP contribution in [0, 0.1) is 0 Å². The summed E-state index contributed by atoms with van der Waals surface area (Å²) in [6.45, 7) is 4.25. The first-order valence-corrected chi connectivity index (χ1v) is 7.79. The second-order valence-corrected chi connectivity index (χ2v) is 5.73. The normalized spacial score (nSPS) is 12.8. The van der Waals surface area contributed by atoms with Gasteiger partial charge in [0.1, 0.15) is 5.65 Å². The number of fused-ring (bicyclic) bond motifs is 2. The van der Waals surface area contributed by atoms with Gasteiger partial charge in [-0.1, -0.05) is 6.92 Å². The molecule has 23 heavy (non-hydrogen) atoms. The molecule has 1 atom stereocenters. The van der Waals surface area contributed by atoms with Crippen LogP contribution in [-0.4, -0.2) is 30.6 Å². The third-order valence-electron chi connectivity index (χ3n) is 4.13. The van der Waals surface area contributed by atoms with Crippen molar-refractivity contribution >= 4 is 22.5 Å². The van der Waals surface area contributed by atoms with Gasteiger partial charge >= 0.3 is 0 Å². The molecule has 116 valence electrons. The Labute approximate surface area is 133 Å². The summed E-state index contributed by atoms with van der Waals surface area (Å²) in [5.41, 5.74) is 4.12. The molecule has 0 aromatic carbocycles. The van der Waals surface area contributed by atoms with Gasteiger partial charge in [0.2, 0.25) is 5.95 Å². The van der Waals surface area contributed by atoms with Crippen molar-refractivity contribution in [3.8, 4) is 11.1 Å². The summed E-state index contributed by atoms with van der Waals surface area (Å²) in [5, 5.41) is 8.54. The third kappa shape index (κ3) is 2.42. The lowest BCUT2D eigenvalue weighted by atomic mass is 10.1. The van der Waals surface area contributed by atoms with Crippen LogP contribution in [-0.2, 0) is 0 Å². The van der Waals surface area contributed by atoms with Gasteiger partial charge in [0.25, 0.3) is 0 Å². The van der Waals surface area contributed by atoms with Gasteiger partial charge in [0.15, 0.2) is 0 Å². The predicted octanol–water partition coefficient (Wildman–Crippen LogP) is 3.48. The van der Waals surface area contributed by atoms with E-state index >= 15 is 0 Å². The van der Waals surface area contributed by atoms with E-state index in [1.54, 1.807) is 6.20 Å². The molecule has 0 radical (unpaired) electrons. The molecular weight excluding hydrogens is 288 g/mol. The molecule has 0 bridgehead atoms. The maximum Gasteiger partial charge on any atom is 0.224 e. The van der Waals surface area contributed by atoms with Gasteiger partial charge in [-0.3, -0.25) is 0 Å². The van der Waals surface area contributed by atoms with E-state index in [1.807, 2.05) is 35.2 Å². The van der Waals surface area contributed by atoms with Crippen molar-refractivity contribution in [1.82, 2.24) is 24.6 Å². The summed E-state index contributed by atoms with van der Waals surface area (Å²) in [7, 11) is 0. The number of nitrogens with one attached hydrogen (secondary N) is 2. The smallest absolute Gasteiger partial charge is 0.224 e. The van der Waals surface area contributed by atoms with E-state index in [4.69, 9.17) is 0 Å². The molecule has 4 rings (SSSR count). The fourth-order valence-corrected chi connectivity index (χ4v) is 2.63. The molecule has 0 aliphatic rings. The predicted molar refractivity (Wildman–Crippen MR) is 91.5 cm³/mol. The Balaban J connectivity index is 1.75. The highest BCUT2D eigenvalue weighted by atomic mass is 15.2. The van der Waals surface area contributed by atoms with Crippen LogP contribution in [0.3, 0.4) is 0 Å². The molecule has 0 fully saturated rings. The van der Waals surface area contributed by atoms with Crippen molar-refractivity contribution < 1.29 is 0 Å². The minimum Gasteiger partial charge on any atom is -0.352 e. The topological polar surface area (TPSA) is 70.9 Å². The lowest BCUT2D eigenvalue weighted by molar-refractivity contribution is 0.754. The lowest BCUT2D eigenvalue weighted by Gasteiger charge is -2.10. The molecule has 1 unspecified atom stereocenters. The Morgan fingerprint density at radius 1 is 1.35 bits per heavy atom. The molecule has 0 amide bonds. The Morgan fingerprint density at radius 2 is 2.26 bits per heavy atom. The summed E-state index contributed by atoms with van der Waals surface area (Å²) in [4.78, 5) is 12.3. The molecule has 4 aromatic rings. The first-order valence-electron chi connectivity index (χ1n) is 7.79. The molecule has 0 aliphatic carbocycles. The third-order valence-corrected chi connectivity index (χ3v) is 4.13.